The van der Waals surface area contributed by atoms with Crippen LogP contribution in [0.3, 0.4) is 0 Å². The molecule has 0 amide bonds. The molecule has 1 aromatic rings. The molecule has 1 aromatic carbocycles. The van der Waals surface area contributed by atoms with Crippen molar-refractivity contribution >= 4 is 17.7 Å². The topological polar surface area (TPSA) is 26.3 Å². The van der Waals surface area contributed by atoms with Crippen molar-refractivity contribution in [2.45, 2.75) is 57.8 Å². The molecule has 0 heterocycles. The molecule has 0 N–H and O–H groups in total. The summed E-state index contributed by atoms with van der Waals surface area (Å²) in [5.41, 5.74) is -0.351. The number of carbonyl (C=O) groups is 1. The Hall–Kier alpha value is -1.22. The smallest absolute Gasteiger partial charge is 0.320 e. The van der Waals surface area contributed by atoms with E-state index in [2.05, 4.69) is 34.3 Å². The van der Waals surface area contributed by atoms with Gasteiger partial charge in [-0.15, -0.1) is 18.3 Å². The Bertz CT molecular complexity index is 498. The van der Waals surface area contributed by atoms with E-state index in [0.29, 0.717) is 11.8 Å². The first-order valence-corrected chi connectivity index (χ1v) is 9.12. The highest BCUT2D eigenvalue weighted by Gasteiger charge is 2.37. The van der Waals surface area contributed by atoms with Gasteiger partial charge in [-0.25, -0.2) is 0 Å². The lowest BCUT2D eigenvalue weighted by atomic mass is 9.89. The van der Waals surface area contributed by atoms with Crippen LogP contribution in [0.2, 0.25) is 0 Å². The first-order chi connectivity index (χ1) is 10.7. The molecule has 0 aromatic heterocycles. The second-order valence-electron chi connectivity index (χ2n) is 7.23. The van der Waals surface area contributed by atoms with Crippen molar-refractivity contribution in [3.63, 3.8) is 0 Å². The van der Waals surface area contributed by atoms with Crippen LogP contribution in [0.15, 0.2) is 47.9 Å². The highest BCUT2D eigenvalue weighted by molar-refractivity contribution is 8.00. The van der Waals surface area contributed by atoms with Crippen molar-refractivity contribution in [1.29, 1.82) is 0 Å². The molecule has 23 heavy (non-hydrogen) atoms. The summed E-state index contributed by atoms with van der Waals surface area (Å²) in [7, 11) is 0. The largest absolute Gasteiger partial charge is 0.461 e. The molecule has 1 atom stereocenters. The molecule has 0 unspecified atom stereocenters. The number of rotatable bonds is 8. The van der Waals surface area contributed by atoms with E-state index in [-0.39, 0.29) is 22.7 Å². The molecule has 3 heteroatoms. The fourth-order valence-corrected chi connectivity index (χ4v) is 3.62. The zero-order valence-corrected chi connectivity index (χ0v) is 16.0. The van der Waals surface area contributed by atoms with E-state index in [4.69, 9.17) is 4.74 Å². The first-order valence-electron chi connectivity index (χ1n) is 8.24. The van der Waals surface area contributed by atoms with E-state index in [1.165, 1.54) is 0 Å². The van der Waals surface area contributed by atoms with Gasteiger partial charge in [-0.3, -0.25) is 4.79 Å². The maximum absolute atomic E-state index is 12.9. The van der Waals surface area contributed by atoms with Gasteiger partial charge in [0.2, 0.25) is 0 Å². The van der Waals surface area contributed by atoms with E-state index in [9.17, 15) is 4.79 Å². The minimum Gasteiger partial charge on any atom is -0.461 e. The van der Waals surface area contributed by atoms with E-state index in [1.54, 1.807) is 11.8 Å². The molecule has 0 aliphatic rings. The Balaban J connectivity index is 3.00. The molecule has 0 aliphatic carbocycles. The molecule has 0 aliphatic heterocycles. The maximum atomic E-state index is 12.9. The van der Waals surface area contributed by atoms with E-state index in [0.717, 1.165) is 4.90 Å². The number of hydrogen-bond acceptors (Lipinski definition) is 3. The van der Waals surface area contributed by atoms with Crippen molar-refractivity contribution < 1.29 is 9.53 Å². The second kappa shape index (κ2) is 8.58. The summed E-state index contributed by atoms with van der Waals surface area (Å²) in [6.45, 7) is 16.3. The van der Waals surface area contributed by atoms with Gasteiger partial charge < -0.3 is 4.74 Å². The normalized spacial score (nSPS) is 13.4. The third-order valence-electron chi connectivity index (χ3n) is 3.98. The van der Waals surface area contributed by atoms with Crippen LogP contribution in [0.1, 0.15) is 41.5 Å². The van der Waals surface area contributed by atoms with Crippen molar-refractivity contribution in [2.75, 3.05) is 0 Å². The SMILES string of the molecule is C=CC(C)(C)[C@H](Sc1ccccc1)C(=O)OC(C(C)C)C(C)C. The van der Waals surface area contributed by atoms with Gasteiger partial charge in [0, 0.05) is 10.3 Å². The molecule has 0 saturated heterocycles. The third kappa shape index (κ3) is 5.72. The monoisotopic (exact) mass is 334 g/mol. The third-order valence-corrected chi connectivity index (χ3v) is 5.56. The highest BCUT2D eigenvalue weighted by atomic mass is 32.2. The van der Waals surface area contributed by atoms with E-state index >= 15 is 0 Å². The van der Waals surface area contributed by atoms with Gasteiger partial charge in [-0.05, 0) is 24.0 Å². The summed E-state index contributed by atoms with van der Waals surface area (Å²) < 4.78 is 5.89. The summed E-state index contributed by atoms with van der Waals surface area (Å²) in [5.74, 6) is 0.442. The number of carbonyl (C=O) groups excluding carboxylic acids is 1. The number of hydrogen-bond donors (Lipinski definition) is 0. The van der Waals surface area contributed by atoms with Crippen LogP contribution in [0.4, 0.5) is 0 Å². The Morgan fingerprint density at radius 1 is 1.13 bits per heavy atom. The standard InChI is InChI=1S/C20H30O2S/c1-8-20(6,7)18(23-16-12-10-9-11-13-16)19(21)22-17(14(2)3)15(4)5/h8-15,17-18H,1H2,2-7H3/t18-/m1/s1. The summed E-state index contributed by atoms with van der Waals surface area (Å²) >= 11 is 1.55. The molecule has 128 valence electrons. The molecule has 0 radical (unpaired) electrons. The molecular formula is C20H30O2S. The van der Waals surface area contributed by atoms with E-state index < -0.39 is 0 Å². The number of allylic oxidation sites excluding steroid dienone is 1. The fourth-order valence-electron chi connectivity index (χ4n) is 2.48. The highest BCUT2D eigenvalue weighted by Crippen LogP contribution is 2.38. The van der Waals surface area contributed by atoms with E-state index in [1.807, 2.05) is 50.3 Å². The van der Waals surface area contributed by atoms with Gasteiger partial charge in [0.15, 0.2) is 0 Å². The summed E-state index contributed by atoms with van der Waals surface area (Å²) in [6, 6.07) is 9.98. The average Bonchev–Trinajstić information content (AvgIpc) is 2.50. The van der Waals surface area contributed by atoms with Gasteiger partial charge in [-0.1, -0.05) is 65.8 Å². The Kier molecular flexibility index (Phi) is 7.40. The van der Waals surface area contributed by atoms with Crippen molar-refractivity contribution in [1.82, 2.24) is 0 Å². The molecule has 0 bridgehead atoms. The minimum atomic E-state index is -0.351. The van der Waals surface area contributed by atoms with Gasteiger partial charge in [0.25, 0.3) is 0 Å². The van der Waals surface area contributed by atoms with Gasteiger partial charge in [-0.2, -0.15) is 0 Å². The average molecular weight is 335 g/mol. The lowest BCUT2D eigenvalue weighted by Crippen LogP contribution is -2.38. The van der Waals surface area contributed by atoms with Crippen molar-refractivity contribution in [2.24, 2.45) is 17.3 Å². The predicted octanol–water partition coefficient (Wildman–Crippen LogP) is 5.58. The fraction of sp³-hybridized carbons (Fsp3) is 0.550. The predicted molar refractivity (Wildman–Crippen MR) is 99.6 cm³/mol. The molecule has 0 fully saturated rings. The quantitative estimate of drug-likeness (QED) is 0.352. The van der Waals surface area contributed by atoms with Crippen LogP contribution in [0.25, 0.3) is 0 Å². The summed E-state index contributed by atoms with van der Waals surface area (Å²) in [5, 5.41) is -0.317. The van der Waals surface area contributed by atoms with Gasteiger partial charge in [0.05, 0.1) is 0 Å². The summed E-state index contributed by atoms with van der Waals surface area (Å²) in [4.78, 5) is 13.9. The zero-order valence-electron chi connectivity index (χ0n) is 15.2. The van der Waals surface area contributed by atoms with Gasteiger partial charge in [0.1, 0.15) is 11.4 Å². The van der Waals surface area contributed by atoms with Crippen LogP contribution >= 0.6 is 11.8 Å². The first kappa shape index (κ1) is 19.8. The number of benzene rings is 1. The van der Waals surface area contributed by atoms with Crippen LogP contribution in [0, 0.1) is 17.3 Å². The van der Waals surface area contributed by atoms with Gasteiger partial charge >= 0.3 is 5.97 Å². The Morgan fingerprint density at radius 2 is 1.65 bits per heavy atom. The molecular weight excluding hydrogens is 304 g/mol. The van der Waals surface area contributed by atoms with Crippen molar-refractivity contribution in [3.8, 4) is 0 Å². The van der Waals surface area contributed by atoms with Crippen LogP contribution in [0.5, 0.6) is 0 Å². The van der Waals surface area contributed by atoms with Crippen molar-refractivity contribution in [3.05, 3.63) is 43.0 Å². The molecule has 2 nitrogen and oxygen atoms in total. The second-order valence-corrected chi connectivity index (χ2v) is 8.40. The minimum absolute atomic E-state index is 0.0676. The number of thioether (sulfide) groups is 1. The zero-order chi connectivity index (χ0) is 17.6. The lowest BCUT2D eigenvalue weighted by Gasteiger charge is -2.32. The maximum Gasteiger partial charge on any atom is 0.320 e. The number of esters is 1. The Labute approximate surface area is 145 Å². The lowest BCUT2D eigenvalue weighted by molar-refractivity contribution is -0.154. The molecule has 0 spiro atoms. The molecule has 0 saturated carbocycles. The van der Waals surface area contributed by atoms with Crippen LogP contribution in [-0.4, -0.2) is 17.3 Å². The van der Waals surface area contributed by atoms with Crippen LogP contribution < -0.4 is 0 Å². The summed E-state index contributed by atoms with van der Waals surface area (Å²) in [6.07, 6.45) is 1.77. The number of ether oxygens (including phenoxy) is 1. The Morgan fingerprint density at radius 3 is 2.09 bits per heavy atom. The van der Waals surface area contributed by atoms with Crippen LogP contribution in [-0.2, 0) is 9.53 Å². The molecule has 1 rings (SSSR count).